The summed E-state index contributed by atoms with van der Waals surface area (Å²) in [5.41, 5.74) is 4.08. The molecule has 1 saturated carbocycles. The lowest BCUT2D eigenvalue weighted by Crippen LogP contribution is -2.19. The summed E-state index contributed by atoms with van der Waals surface area (Å²) in [4.78, 5) is 24.3. The number of hydrogen-bond donors (Lipinski definition) is 2. The molecule has 152 valence electrons. The Morgan fingerprint density at radius 1 is 1.17 bits per heavy atom. The molecule has 1 atom stereocenters. The molecule has 1 aromatic rings. The van der Waals surface area contributed by atoms with Gasteiger partial charge < -0.3 is 14.6 Å². The molecule has 5 nitrogen and oxygen atoms in total. The van der Waals surface area contributed by atoms with Gasteiger partial charge in [-0.2, -0.15) is 0 Å². The molecular weight excluding hydrogens is 380 g/mol. The Kier molecular flexibility index (Phi) is 3.94. The van der Waals surface area contributed by atoms with Crippen LogP contribution in [-0.4, -0.2) is 16.2 Å². The monoisotopic (exact) mass is 402 g/mol. The van der Waals surface area contributed by atoms with Crippen LogP contribution in [0.1, 0.15) is 38.7 Å². The number of phenolic OH excluding ortho intramolecular Hbond substituents is 1. The SMILES string of the molecule is CC1CC(C2(C)CC2)=CC(c2c3ccc(=O)cc-3oc3cc(O)ccc23)=C1C(=O)O. The third-order valence-electron chi connectivity index (χ3n) is 6.58. The number of aliphatic carboxylic acids is 1. The highest BCUT2D eigenvalue weighted by molar-refractivity contribution is 6.08. The molecule has 30 heavy (non-hydrogen) atoms. The minimum Gasteiger partial charge on any atom is -0.508 e. The minimum absolute atomic E-state index is 0.0426. The summed E-state index contributed by atoms with van der Waals surface area (Å²) < 4.78 is 5.92. The lowest BCUT2D eigenvalue weighted by atomic mass is 9.76. The van der Waals surface area contributed by atoms with Crippen LogP contribution in [0.3, 0.4) is 0 Å². The van der Waals surface area contributed by atoms with Crippen molar-refractivity contribution in [2.24, 2.45) is 11.3 Å². The van der Waals surface area contributed by atoms with E-state index in [4.69, 9.17) is 4.42 Å². The second kappa shape index (κ2) is 6.33. The van der Waals surface area contributed by atoms with E-state index in [2.05, 4.69) is 6.92 Å². The van der Waals surface area contributed by atoms with Gasteiger partial charge in [-0.3, -0.25) is 4.79 Å². The van der Waals surface area contributed by atoms with Crippen molar-refractivity contribution in [3.05, 3.63) is 69.4 Å². The van der Waals surface area contributed by atoms with Gasteiger partial charge in [-0.05, 0) is 60.4 Å². The van der Waals surface area contributed by atoms with E-state index in [0.717, 1.165) is 24.8 Å². The fraction of sp³-hybridized carbons (Fsp3) is 0.280. The molecule has 5 rings (SSSR count). The molecule has 0 radical (unpaired) electrons. The van der Waals surface area contributed by atoms with Crippen molar-refractivity contribution in [2.75, 3.05) is 0 Å². The molecule has 0 bridgehead atoms. The van der Waals surface area contributed by atoms with Crippen molar-refractivity contribution < 1.29 is 19.4 Å². The zero-order chi connectivity index (χ0) is 21.2. The number of aromatic hydroxyl groups is 1. The summed E-state index contributed by atoms with van der Waals surface area (Å²) in [7, 11) is 0. The maximum atomic E-state index is 12.3. The van der Waals surface area contributed by atoms with Gasteiger partial charge in [-0.25, -0.2) is 4.79 Å². The van der Waals surface area contributed by atoms with Crippen molar-refractivity contribution in [1.29, 1.82) is 0 Å². The first-order valence-corrected chi connectivity index (χ1v) is 10.2. The lowest BCUT2D eigenvalue weighted by molar-refractivity contribution is -0.133. The highest BCUT2D eigenvalue weighted by Gasteiger charge is 2.43. The largest absolute Gasteiger partial charge is 0.508 e. The summed E-state index contributed by atoms with van der Waals surface area (Å²) in [6.07, 6.45) is 5.00. The topological polar surface area (TPSA) is 87.7 Å². The quantitative estimate of drug-likeness (QED) is 0.587. The first kappa shape index (κ1) is 18.7. The van der Waals surface area contributed by atoms with Gasteiger partial charge in [0.05, 0.1) is 0 Å². The summed E-state index contributed by atoms with van der Waals surface area (Å²) in [5.74, 6) is -0.650. The molecule has 0 saturated heterocycles. The predicted molar refractivity (Wildman–Crippen MR) is 115 cm³/mol. The smallest absolute Gasteiger partial charge is 0.332 e. The lowest BCUT2D eigenvalue weighted by Gasteiger charge is -2.28. The van der Waals surface area contributed by atoms with Crippen LogP contribution in [0, 0.1) is 11.3 Å². The molecule has 1 fully saturated rings. The van der Waals surface area contributed by atoms with Crippen LogP contribution in [0.2, 0.25) is 0 Å². The van der Waals surface area contributed by atoms with E-state index < -0.39 is 5.97 Å². The Morgan fingerprint density at radius 3 is 2.63 bits per heavy atom. The molecule has 0 amide bonds. The summed E-state index contributed by atoms with van der Waals surface area (Å²) in [6, 6.07) is 9.37. The molecule has 4 aliphatic rings. The first-order chi connectivity index (χ1) is 14.3. The van der Waals surface area contributed by atoms with E-state index in [1.165, 1.54) is 23.8 Å². The third-order valence-corrected chi connectivity index (χ3v) is 6.58. The van der Waals surface area contributed by atoms with Gasteiger partial charge in [0, 0.05) is 34.2 Å². The molecule has 2 N–H and O–H groups in total. The second-order valence-electron chi connectivity index (χ2n) is 8.78. The van der Waals surface area contributed by atoms with Crippen LogP contribution in [0.15, 0.2) is 62.8 Å². The van der Waals surface area contributed by atoms with Gasteiger partial charge in [0.25, 0.3) is 0 Å². The second-order valence-corrected chi connectivity index (χ2v) is 8.78. The summed E-state index contributed by atoms with van der Waals surface area (Å²) in [6.45, 7) is 4.19. The minimum atomic E-state index is -0.935. The molecule has 1 aliphatic heterocycles. The van der Waals surface area contributed by atoms with Crippen molar-refractivity contribution in [1.82, 2.24) is 0 Å². The molecule has 1 unspecified atom stereocenters. The van der Waals surface area contributed by atoms with Crippen LogP contribution in [0.4, 0.5) is 0 Å². The average molecular weight is 402 g/mol. The Bertz CT molecular complexity index is 1300. The van der Waals surface area contributed by atoms with E-state index >= 15 is 0 Å². The molecule has 1 heterocycles. The number of fused-ring (bicyclic) bond motifs is 2. The normalized spacial score (nSPS) is 20.5. The Hall–Kier alpha value is -3.34. The predicted octanol–water partition coefficient (Wildman–Crippen LogP) is 5.21. The van der Waals surface area contributed by atoms with Gasteiger partial charge in [0.15, 0.2) is 5.43 Å². The maximum Gasteiger partial charge on any atom is 0.332 e. The van der Waals surface area contributed by atoms with E-state index in [1.54, 1.807) is 18.2 Å². The summed E-state index contributed by atoms with van der Waals surface area (Å²) in [5, 5.41) is 20.7. The number of carboxylic acid groups (broad SMARTS) is 1. The van der Waals surface area contributed by atoms with Crippen LogP contribution in [0.25, 0.3) is 27.9 Å². The molecule has 0 aromatic heterocycles. The van der Waals surface area contributed by atoms with E-state index in [9.17, 15) is 19.8 Å². The fourth-order valence-corrected chi connectivity index (χ4v) is 4.62. The number of carboxylic acids is 1. The van der Waals surface area contributed by atoms with E-state index in [1.807, 2.05) is 13.0 Å². The third kappa shape index (κ3) is 2.84. The molecule has 5 heteroatoms. The molecule has 1 aromatic carbocycles. The van der Waals surface area contributed by atoms with Crippen molar-refractivity contribution in [3.63, 3.8) is 0 Å². The van der Waals surface area contributed by atoms with Gasteiger partial charge >= 0.3 is 5.97 Å². The van der Waals surface area contributed by atoms with Crippen molar-refractivity contribution >= 4 is 22.5 Å². The van der Waals surface area contributed by atoms with E-state index in [-0.39, 0.29) is 22.5 Å². The van der Waals surface area contributed by atoms with Crippen LogP contribution in [-0.2, 0) is 4.79 Å². The Morgan fingerprint density at radius 2 is 1.93 bits per heavy atom. The highest BCUT2D eigenvalue weighted by Crippen LogP contribution is 2.56. The Balaban J connectivity index is 1.92. The maximum absolute atomic E-state index is 12.3. The number of phenols is 1. The number of allylic oxidation sites excluding steroid dienone is 3. The Labute approximate surface area is 173 Å². The van der Waals surface area contributed by atoms with Gasteiger partial charge in [0.2, 0.25) is 0 Å². The van der Waals surface area contributed by atoms with Gasteiger partial charge in [-0.15, -0.1) is 0 Å². The molecule has 0 spiro atoms. The standard InChI is InChI=1S/C25H22O5/c1-13-9-14(25(2)7-8-25)10-19(22(13)24(28)29)23-17-5-3-15(26)11-20(17)30-21-12-16(27)4-6-18(21)23/h3-6,10-13,26H,7-9H2,1-2H3,(H,28,29). The average Bonchev–Trinajstić information content (AvgIpc) is 3.43. The fourth-order valence-electron chi connectivity index (χ4n) is 4.62. The van der Waals surface area contributed by atoms with Crippen LogP contribution >= 0.6 is 0 Å². The zero-order valence-corrected chi connectivity index (χ0v) is 16.9. The van der Waals surface area contributed by atoms with Crippen molar-refractivity contribution in [3.8, 4) is 17.1 Å². The van der Waals surface area contributed by atoms with E-state index in [0.29, 0.717) is 33.4 Å². The zero-order valence-electron chi connectivity index (χ0n) is 16.9. The molecule has 3 aliphatic carbocycles. The number of benzene rings is 2. The van der Waals surface area contributed by atoms with Gasteiger partial charge in [-0.1, -0.05) is 25.5 Å². The first-order valence-electron chi connectivity index (χ1n) is 10.2. The number of rotatable bonds is 3. The van der Waals surface area contributed by atoms with Crippen LogP contribution in [0.5, 0.6) is 5.75 Å². The summed E-state index contributed by atoms with van der Waals surface area (Å²) >= 11 is 0. The van der Waals surface area contributed by atoms with Crippen molar-refractivity contribution in [2.45, 2.75) is 33.1 Å². The van der Waals surface area contributed by atoms with Crippen LogP contribution < -0.4 is 5.43 Å². The number of carbonyl (C=O) groups is 1. The highest BCUT2D eigenvalue weighted by atomic mass is 16.4. The molecular formula is C25H22O5. The van der Waals surface area contributed by atoms with Gasteiger partial charge in [0.1, 0.15) is 17.1 Å². The number of hydrogen-bond acceptors (Lipinski definition) is 4.